The third-order valence-corrected chi connectivity index (χ3v) is 4.78. The summed E-state index contributed by atoms with van der Waals surface area (Å²) >= 11 is 0. The molecule has 106 valence electrons. The van der Waals surface area contributed by atoms with Crippen LogP contribution in [0.15, 0.2) is 6.07 Å². The van der Waals surface area contributed by atoms with Crippen molar-refractivity contribution in [2.24, 2.45) is 0 Å². The van der Waals surface area contributed by atoms with Crippen LogP contribution in [0, 0.1) is 11.3 Å². The quantitative estimate of drug-likeness (QED) is 0.760. The maximum Gasteiger partial charge on any atom is 0.141 e. The Morgan fingerprint density at radius 1 is 1.35 bits per heavy atom. The predicted molar refractivity (Wildman–Crippen MR) is 77.9 cm³/mol. The average molecular weight is 271 g/mol. The van der Waals surface area contributed by atoms with Crippen molar-refractivity contribution in [3.8, 4) is 6.07 Å². The van der Waals surface area contributed by atoms with E-state index in [1.54, 1.807) is 0 Å². The highest BCUT2D eigenvalue weighted by Gasteiger charge is 2.42. The summed E-state index contributed by atoms with van der Waals surface area (Å²) in [5.74, 6) is 0.607. The van der Waals surface area contributed by atoms with Crippen LogP contribution in [0.5, 0.6) is 0 Å². The van der Waals surface area contributed by atoms with Crippen LogP contribution in [0.4, 0.5) is 5.82 Å². The van der Waals surface area contributed by atoms with Crippen LogP contribution in [-0.2, 0) is 5.41 Å². The Morgan fingerprint density at radius 3 is 2.45 bits per heavy atom. The molecule has 3 rings (SSSR count). The van der Waals surface area contributed by atoms with E-state index >= 15 is 0 Å². The molecule has 1 aliphatic carbocycles. The summed E-state index contributed by atoms with van der Waals surface area (Å²) in [5.41, 5.74) is 15.3. The van der Waals surface area contributed by atoms with E-state index in [2.05, 4.69) is 48.7 Å². The van der Waals surface area contributed by atoms with E-state index in [0.29, 0.717) is 11.4 Å². The molecular weight excluding hydrogens is 250 g/mol. The summed E-state index contributed by atoms with van der Waals surface area (Å²) in [5, 5.41) is 9.43. The number of rotatable bonds is 2. The van der Waals surface area contributed by atoms with Crippen LogP contribution in [0.25, 0.3) is 0 Å². The van der Waals surface area contributed by atoms with Crippen LogP contribution in [0.2, 0.25) is 0 Å². The maximum atomic E-state index is 9.43. The number of nitriles is 1. The summed E-state index contributed by atoms with van der Waals surface area (Å²) < 4.78 is 0. The van der Waals surface area contributed by atoms with Gasteiger partial charge in [0.1, 0.15) is 11.9 Å². The standard InChI is InChI=1S/C15H21N5/c1-8-13(9(2)20-19-8)10-6-12(15(3)4-5-15)18-14(17)11(10)7-16/h6,8-9,13,19-20H,4-5H2,1-3H3,(H2,17,18). The molecule has 1 saturated carbocycles. The number of hydrazine groups is 1. The van der Waals surface area contributed by atoms with Crippen molar-refractivity contribution in [1.29, 1.82) is 5.26 Å². The highest BCUT2D eigenvalue weighted by atomic mass is 15.4. The number of hydrogen-bond acceptors (Lipinski definition) is 5. The lowest BCUT2D eigenvalue weighted by molar-refractivity contribution is 0.567. The molecule has 1 aromatic heterocycles. The zero-order chi connectivity index (χ0) is 14.5. The molecule has 4 N–H and O–H groups in total. The van der Waals surface area contributed by atoms with Gasteiger partial charge in [0.25, 0.3) is 0 Å². The Kier molecular flexibility index (Phi) is 2.96. The number of nitrogens with zero attached hydrogens (tertiary/aromatic N) is 2. The van der Waals surface area contributed by atoms with Crippen molar-refractivity contribution >= 4 is 5.82 Å². The largest absolute Gasteiger partial charge is 0.383 e. The zero-order valence-corrected chi connectivity index (χ0v) is 12.2. The molecule has 2 aliphatic rings. The second-order valence-corrected chi connectivity index (χ2v) is 6.42. The second kappa shape index (κ2) is 4.44. The molecule has 0 spiro atoms. The van der Waals surface area contributed by atoms with Crippen LogP contribution >= 0.6 is 0 Å². The Hall–Kier alpha value is -1.64. The summed E-state index contributed by atoms with van der Waals surface area (Å²) in [6, 6.07) is 4.87. The number of nitrogens with one attached hydrogen (secondary N) is 2. The summed E-state index contributed by atoms with van der Waals surface area (Å²) in [7, 11) is 0. The second-order valence-electron chi connectivity index (χ2n) is 6.42. The molecule has 1 aliphatic heterocycles. The van der Waals surface area contributed by atoms with Gasteiger partial charge in [-0.2, -0.15) is 5.26 Å². The first-order chi connectivity index (χ1) is 9.46. The third-order valence-electron chi connectivity index (χ3n) is 4.78. The van der Waals surface area contributed by atoms with Crippen molar-refractivity contribution in [3.05, 3.63) is 22.9 Å². The average Bonchev–Trinajstić information content (AvgIpc) is 3.07. The monoisotopic (exact) mass is 271 g/mol. The number of hydrogen-bond donors (Lipinski definition) is 3. The van der Waals surface area contributed by atoms with E-state index in [1.165, 1.54) is 0 Å². The Bertz CT molecular complexity index is 575. The van der Waals surface area contributed by atoms with E-state index in [-0.39, 0.29) is 23.4 Å². The Labute approximate surface area is 119 Å². The van der Waals surface area contributed by atoms with E-state index < -0.39 is 0 Å². The first-order valence-corrected chi connectivity index (χ1v) is 7.18. The molecule has 0 amide bonds. The van der Waals surface area contributed by atoms with Gasteiger partial charge in [0.15, 0.2) is 0 Å². The summed E-state index contributed by atoms with van der Waals surface area (Å²) in [4.78, 5) is 4.47. The molecule has 0 radical (unpaired) electrons. The molecule has 1 aromatic rings. The minimum Gasteiger partial charge on any atom is -0.383 e. The van der Waals surface area contributed by atoms with Gasteiger partial charge in [-0.25, -0.2) is 4.98 Å². The lowest BCUT2D eigenvalue weighted by Crippen LogP contribution is -2.30. The zero-order valence-electron chi connectivity index (χ0n) is 12.2. The molecule has 0 aromatic carbocycles. The van der Waals surface area contributed by atoms with Crippen LogP contribution in [-0.4, -0.2) is 17.1 Å². The number of nitrogens with two attached hydrogens (primary N) is 1. The number of pyridine rings is 1. The number of aromatic nitrogens is 1. The van der Waals surface area contributed by atoms with Crippen LogP contribution in [0.1, 0.15) is 56.4 Å². The SMILES string of the molecule is CC1NNC(C)C1c1cc(C2(C)CC2)nc(N)c1C#N. The van der Waals surface area contributed by atoms with Crippen molar-refractivity contribution in [3.63, 3.8) is 0 Å². The molecule has 2 atom stereocenters. The smallest absolute Gasteiger partial charge is 0.141 e. The fraction of sp³-hybridized carbons (Fsp3) is 0.600. The van der Waals surface area contributed by atoms with Crippen molar-refractivity contribution < 1.29 is 0 Å². The van der Waals surface area contributed by atoms with E-state index in [9.17, 15) is 5.26 Å². The molecule has 0 bridgehead atoms. The molecule has 5 heteroatoms. The van der Waals surface area contributed by atoms with Crippen molar-refractivity contribution in [2.75, 3.05) is 5.73 Å². The minimum atomic E-state index is 0.156. The first-order valence-electron chi connectivity index (χ1n) is 7.18. The molecule has 5 nitrogen and oxygen atoms in total. The first kappa shape index (κ1) is 13.3. The maximum absolute atomic E-state index is 9.43. The van der Waals surface area contributed by atoms with Gasteiger partial charge in [-0.05, 0) is 38.3 Å². The highest BCUT2D eigenvalue weighted by Crippen LogP contribution is 2.48. The fourth-order valence-corrected chi connectivity index (χ4v) is 3.14. The number of nitrogen functional groups attached to an aromatic ring is 1. The lowest BCUT2D eigenvalue weighted by atomic mass is 9.85. The van der Waals surface area contributed by atoms with Crippen LogP contribution in [0.3, 0.4) is 0 Å². The molecular formula is C15H21N5. The van der Waals surface area contributed by atoms with Gasteiger partial charge in [-0.15, -0.1) is 0 Å². The lowest BCUT2D eigenvalue weighted by Gasteiger charge is -2.22. The van der Waals surface area contributed by atoms with Gasteiger partial charge in [-0.3, -0.25) is 10.9 Å². The molecule has 1 saturated heterocycles. The van der Waals surface area contributed by atoms with Crippen LogP contribution < -0.4 is 16.6 Å². The van der Waals surface area contributed by atoms with E-state index in [4.69, 9.17) is 5.73 Å². The molecule has 2 unspecified atom stereocenters. The van der Waals surface area contributed by atoms with E-state index in [0.717, 1.165) is 24.1 Å². The van der Waals surface area contributed by atoms with Crippen molar-refractivity contribution in [1.82, 2.24) is 15.8 Å². The minimum absolute atomic E-state index is 0.156. The van der Waals surface area contributed by atoms with E-state index in [1.807, 2.05) is 0 Å². The van der Waals surface area contributed by atoms with Gasteiger partial charge in [-0.1, -0.05) is 6.92 Å². The van der Waals surface area contributed by atoms with Crippen molar-refractivity contribution in [2.45, 2.75) is 57.0 Å². The predicted octanol–water partition coefficient (Wildman–Crippen LogP) is 1.56. The van der Waals surface area contributed by atoms with Gasteiger partial charge < -0.3 is 5.73 Å². The molecule has 20 heavy (non-hydrogen) atoms. The molecule has 2 fully saturated rings. The molecule has 2 heterocycles. The Morgan fingerprint density at radius 2 is 1.95 bits per heavy atom. The number of anilines is 1. The summed E-state index contributed by atoms with van der Waals surface area (Å²) in [6.07, 6.45) is 2.30. The normalized spacial score (nSPS) is 31.0. The van der Waals surface area contributed by atoms with Gasteiger partial charge in [0, 0.05) is 29.1 Å². The third kappa shape index (κ3) is 1.96. The highest BCUT2D eigenvalue weighted by molar-refractivity contribution is 5.57. The topological polar surface area (TPSA) is 86.8 Å². The fourth-order valence-electron chi connectivity index (χ4n) is 3.14. The van der Waals surface area contributed by atoms with Gasteiger partial charge in [0.05, 0.1) is 5.56 Å². The van der Waals surface area contributed by atoms with Gasteiger partial charge in [0.2, 0.25) is 0 Å². The Balaban J connectivity index is 2.13. The summed E-state index contributed by atoms with van der Waals surface area (Å²) in [6.45, 7) is 6.46. The van der Waals surface area contributed by atoms with Gasteiger partial charge >= 0.3 is 0 Å².